The van der Waals surface area contributed by atoms with Crippen LogP contribution in [0.4, 0.5) is 5.00 Å². The van der Waals surface area contributed by atoms with E-state index in [-0.39, 0.29) is 11.9 Å². The Hall–Kier alpha value is -2.80. The highest BCUT2D eigenvalue weighted by Crippen LogP contribution is 2.39. The van der Waals surface area contributed by atoms with Gasteiger partial charge in [0.1, 0.15) is 16.5 Å². The lowest BCUT2D eigenvalue weighted by molar-refractivity contribution is -0.111. The van der Waals surface area contributed by atoms with Gasteiger partial charge in [0, 0.05) is 16.5 Å². The maximum absolute atomic E-state index is 12.5. The van der Waals surface area contributed by atoms with Crippen LogP contribution in [0.25, 0.3) is 6.08 Å². The van der Waals surface area contributed by atoms with Crippen molar-refractivity contribution in [3.63, 3.8) is 0 Å². The maximum Gasteiger partial charge on any atom is 0.341 e. The number of methoxy groups -OCH3 is 2. The number of hydrogen-bond donors (Lipinski definition) is 1. The monoisotopic (exact) mass is 401 g/mol. The van der Waals surface area contributed by atoms with Gasteiger partial charge in [-0.15, -0.1) is 11.3 Å². The maximum atomic E-state index is 12.5. The van der Waals surface area contributed by atoms with Crippen LogP contribution in [0.1, 0.15) is 39.7 Å². The third-order valence-electron chi connectivity index (χ3n) is 4.49. The van der Waals surface area contributed by atoms with Gasteiger partial charge in [-0.1, -0.05) is 0 Å². The smallest absolute Gasteiger partial charge is 0.341 e. The molecule has 0 unspecified atom stereocenters. The lowest BCUT2D eigenvalue weighted by Crippen LogP contribution is -2.13. The van der Waals surface area contributed by atoms with E-state index in [1.807, 2.05) is 0 Å². The molecule has 0 atom stereocenters. The van der Waals surface area contributed by atoms with E-state index >= 15 is 0 Å². The number of esters is 1. The molecule has 0 saturated carbocycles. The van der Waals surface area contributed by atoms with Crippen LogP contribution in [-0.4, -0.2) is 32.7 Å². The van der Waals surface area contributed by atoms with Crippen molar-refractivity contribution in [2.24, 2.45) is 0 Å². The molecule has 1 N–H and O–H groups in total. The van der Waals surface area contributed by atoms with Crippen molar-refractivity contribution in [1.29, 1.82) is 0 Å². The molecule has 0 spiro atoms. The van der Waals surface area contributed by atoms with Crippen molar-refractivity contribution in [3.8, 4) is 11.5 Å². The van der Waals surface area contributed by atoms with Gasteiger partial charge in [0.05, 0.1) is 26.4 Å². The van der Waals surface area contributed by atoms with Crippen molar-refractivity contribution in [1.82, 2.24) is 0 Å². The van der Waals surface area contributed by atoms with Gasteiger partial charge in [0.2, 0.25) is 5.91 Å². The number of hydrogen-bond acceptors (Lipinski definition) is 6. The highest BCUT2D eigenvalue weighted by molar-refractivity contribution is 7.17. The lowest BCUT2D eigenvalue weighted by atomic mass is 10.1. The van der Waals surface area contributed by atoms with Crippen molar-refractivity contribution in [3.05, 3.63) is 45.8 Å². The minimum absolute atomic E-state index is 0.298. The van der Waals surface area contributed by atoms with Crippen LogP contribution in [0.5, 0.6) is 11.5 Å². The summed E-state index contributed by atoms with van der Waals surface area (Å²) in [5.41, 5.74) is 2.23. The molecule has 7 heteroatoms. The van der Waals surface area contributed by atoms with E-state index in [1.54, 1.807) is 45.4 Å². The number of thiophene rings is 1. The zero-order valence-corrected chi connectivity index (χ0v) is 17.0. The summed E-state index contributed by atoms with van der Waals surface area (Å²) in [4.78, 5) is 26.0. The van der Waals surface area contributed by atoms with Crippen LogP contribution in [0.2, 0.25) is 0 Å². The number of anilines is 1. The Morgan fingerprint density at radius 2 is 2.04 bits per heavy atom. The fraction of sp³-hybridized carbons (Fsp3) is 0.333. The molecule has 6 nitrogen and oxygen atoms in total. The molecule has 1 aromatic carbocycles. The number of nitrogens with one attached hydrogen (secondary N) is 1. The Labute approximate surface area is 168 Å². The highest BCUT2D eigenvalue weighted by Gasteiger charge is 2.28. The fourth-order valence-electron chi connectivity index (χ4n) is 3.20. The summed E-state index contributed by atoms with van der Waals surface area (Å²) in [6.45, 7) is 2.07. The predicted molar refractivity (Wildman–Crippen MR) is 110 cm³/mol. The second-order valence-corrected chi connectivity index (χ2v) is 7.32. The van der Waals surface area contributed by atoms with E-state index < -0.39 is 0 Å². The summed E-state index contributed by atoms with van der Waals surface area (Å²) in [6, 6.07) is 5.35. The second kappa shape index (κ2) is 8.93. The van der Waals surface area contributed by atoms with Crippen LogP contribution < -0.4 is 14.8 Å². The van der Waals surface area contributed by atoms with E-state index in [2.05, 4.69) is 5.32 Å². The molecule has 1 aliphatic rings. The molecule has 148 valence electrons. The molecular weight excluding hydrogens is 378 g/mol. The predicted octanol–water partition coefficient (Wildman–Crippen LogP) is 4.08. The first-order chi connectivity index (χ1) is 13.6. The highest BCUT2D eigenvalue weighted by atomic mass is 32.1. The van der Waals surface area contributed by atoms with Crippen molar-refractivity contribution in [2.45, 2.75) is 26.2 Å². The lowest BCUT2D eigenvalue weighted by Gasteiger charge is -2.08. The molecule has 0 radical (unpaired) electrons. The molecule has 0 bridgehead atoms. The second-order valence-electron chi connectivity index (χ2n) is 6.21. The largest absolute Gasteiger partial charge is 0.497 e. The van der Waals surface area contributed by atoms with E-state index in [9.17, 15) is 9.59 Å². The van der Waals surface area contributed by atoms with Gasteiger partial charge >= 0.3 is 5.97 Å². The number of rotatable bonds is 7. The summed E-state index contributed by atoms with van der Waals surface area (Å²) in [5.74, 6) is 0.596. The Bertz CT molecular complexity index is 916. The number of benzene rings is 1. The van der Waals surface area contributed by atoms with E-state index in [1.165, 1.54) is 17.4 Å². The van der Waals surface area contributed by atoms with Crippen LogP contribution in [0, 0.1) is 0 Å². The Kier molecular flexibility index (Phi) is 6.36. The first-order valence-corrected chi connectivity index (χ1v) is 9.91. The van der Waals surface area contributed by atoms with Gasteiger partial charge in [0.25, 0.3) is 0 Å². The minimum atomic E-state index is -0.379. The SMILES string of the molecule is CCOC(=O)c1c(NC(=O)C=Cc2cc(OC)ccc2OC)sc2c1CCC2. The number of fused-ring (bicyclic) bond motifs is 1. The zero-order chi connectivity index (χ0) is 20.1. The Balaban J connectivity index is 1.81. The quantitative estimate of drug-likeness (QED) is 0.559. The summed E-state index contributed by atoms with van der Waals surface area (Å²) >= 11 is 1.46. The molecule has 28 heavy (non-hydrogen) atoms. The fourth-order valence-corrected chi connectivity index (χ4v) is 4.48. The summed E-state index contributed by atoms with van der Waals surface area (Å²) in [6.07, 6.45) is 5.86. The summed E-state index contributed by atoms with van der Waals surface area (Å²) < 4.78 is 15.7. The van der Waals surface area contributed by atoms with Crippen molar-refractivity contribution in [2.75, 3.05) is 26.1 Å². The molecule has 1 amide bonds. The molecule has 0 saturated heterocycles. The Morgan fingerprint density at radius 3 is 2.75 bits per heavy atom. The normalized spacial score (nSPS) is 12.7. The molecule has 1 aromatic heterocycles. The Morgan fingerprint density at radius 1 is 1.21 bits per heavy atom. The van der Waals surface area contributed by atoms with Crippen molar-refractivity contribution >= 4 is 34.3 Å². The van der Waals surface area contributed by atoms with Crippen LogP contribution in [0.3, 0.4) is 0 Å². The standard InChI is InChI=1S/C21H23NO5S/c1-4-27-21(24)19-15-6-5-7-17(15)28-20(19)22-18(23)11-8-13-12-14(25-2)9-10-16(13)26-3/h8-12H,4-7H2,1-3H3,(H,22,23). The van der Waals surface area contributed by atoms with E-state index in [0.717, 1.165) is 35.3 Å². The number of amides is 1. The summed E-state index contributed by atoms with van der Waals surface area (Å²) in [7, 11) is 3.15. The zero-order valence-electron chi connectivity index (χ0n) is 16.2. The topological polar surface area (TPSA) is 73.9 Å². The number of ether oxygens (including phenoxy) is 3. The average Bonchev–Trinajstić information content (AvgIpc) is 3.26. The van der Waals surface area contributed by atoms with E-state index in [0.29, 0.717) is 28.7 Å². The summed E-state index contributed by atoms with van der Waals surface area (Å²) in [5, 5.41) is 3.39. The van der Waals surface area contributed by atoms with E-state index in [4.69, 9.17) is 14.2 Å². The third-order valence-corrected chi connectivity index (χ3v) is 5.70. The third kappa shape index (κ3) is 4.20. The molecule has 1 heterocycles. The average molecular weight is 401 g/mol. The number of carbonyl (C=O) groups excluding carboxylic acids is 2. The first-order valence-electron chi connectivity index (χ1n) is 9.10. The molecule has 0 fully saturated rings. The first kappa shape index (κ1) is 19.9. The van der Waals surface area contributed by atoms with Gasteiger partial charge in [-0.2, -0.15) is 0 Å². The molecular formula is C21H23NO5S. The van der Waals surface area contributed by atoms with Gasteiger partial charge in [-0.05, 0) is 56.0 Å². The van der Waals surface area contributed by atoms with Gasteiger partial charge < -0.3 is 19.5 Å². The minimum Gasteiger partial charge on any atom is -0.497 e. The number of carbonyl (C=O) groups is 2. The van der Waals surface area contributed by atoms with Crippen molar-refractivity contribution < 1.29 is 23.8 Å². The molecule has 3 rings (SSSR count). The van der Waals surface area contributed by atoms with Gasteiger partial charge in [0.15, 0.2) is 0 Å². The van der Waals surface area contributed by atoms with Gasteiger partial charge in [-0.25, -0.2) is 4.79 Å². The molecule has 2 aromatic rings. The van der Waals surface area contributed by atoms with Crippen LogP contribution in [-0.2, 0) is 22.4 Å². The molecule has 0 aliphatic heterocycles. The van der Waals surface area contributed by atoms with Gasteiger partial charge in [-0.3, -0.25) is 4.79 Å². The van der Waals surface area contributed by atoms with Crippen LogP contribution in [0.15, 0.2) is 24.3 Å². The van der Waals surface area contributed by atoms with Crippen LogP contribution >= 0.6 is 11.3 Å². The number of aryl methyl sites for hydroxylation is 1. The molecule has 1 aliphatic carbocycles.